The Kier molecular flexibility index (Phi) is 7.05. The maximum Gasteiger partial charge on any atom is 0.162 e. The first kappa shape index (κ1) is 22.0. The zero-order valence-electron chi connectivity index (χ0n) is 18.6. The fourth-order valence-corrected chi connectivity index (χ4v) is 5.31. The molecule has 2 aromatic carbocycles. The maximum absolute atomic E-state index is 15.0. The average molecular weight is 421 g/mol. The van der Waals surface area contributed by atoms with Gasteiger partial charge < -0.3 is 0 Å². The summed E-state index contributed by atoms with van der Waals surface area (Å²) in [7, 11) is 0. The summed E-state index contributed by atoms with van der Waals surface area (Å²) in [5, 5.41) is 0. The predicted octanol–water partition coefficient (Wildman–Crippen LogP) is 8.59. The van der Waals surface area contributed by atoms with Crippen molar-refractivity contribution in [3.05, 3.63) is 95.1 Å². The Hall–Kier alpha value is -2.22. The van der Waals surface area contributed by atoms with E-state index in [4.69, 9.17) is 0 Å². The lowest BCUT2D eigenvalue weighted by Crippen LogP contribution is -2.14. The largest absolute Gasteiger partial charge is 0.203 e. The van der Waals surface area contributed by atoms with Crippen LogP contribution in [0, 0.1) is 17.6 Å². The molecule has 0 nitrogen and oxygen atoms in total. The van der Waals surface area contributed by atoms with E-state index < -0.39 is 11.6 Å². The molecule has 2 atom stereocenters. The molecule has 0 amide bonds. The monoisotopic (exact) mass is 420 g/mol. The number of benzene rings is 2. The summed E-state index contributed by atoms with van der Waals surface area (Å²) >= 11 is 0. The molecule has 0 aliphatic heterocycles. The molecule has 164 valence electrons. The van der Waals surface area contributed by atoms with E-state index >= 15 is 4.39 Å². The molecule has 2 aliphatic carbocycles. The van der Waals surface area contributed by atoms with Crippen molar-refractivity contribution in [3.63, 3.8) is 0 Å². The number of aryl methyl sites for hydroxylation is 1. The highest BCUT2D eigenvalue weighted by atomic mass is 19.2. The molecule has 0 bridgehead atoms. The molecule has 2 heteroatoms. The summed E-state index contributed by atoms with van der Waals surface area (Å²) in [6.07, 6.45) is 14.2. The van der Waals surface area contributed by atoms with Crippen LogP contribution in [0.5, 0.6) is 0 Å². The molecule has 0 N–H and O–H groups in total. The number of halogens is 2. The standard InChI is InChI=1S/C29H34F2/c1-3-4-5-21-8-12-22(13-9-21)23-14-16-25(17-15-23)27-19-18-26(28(30)29(27)31)24-10-6-20(2)7-11-24/h3,8-9,12-14,16,18-20,23-25H,1,4-7,10-11,15,17H2,2H3. The van der Waals surface area contributed by atoms with Crippen molar-refractivity contribution in [2.45, 2.75) is 76.0 Å². The number of allylic oxidation sites excluding steroid dienone is 3. The van der Waals surface area contributed by atoms with E-state index in [1.54, 1.807) is 0 Å². The molecule has 31 heavy (non-hydrogen) atoms. The van der Waals surface area contributed by atoms with Crippen LogP contribution in [0.2, 0.25) is 0 Å². The third-order valence-electron chi connectivity index (χ3n) is 7.41. The first-order valence-electron chi connectivity index (χ1n) is 11.9. The first-order valence-corrected chi connectivity index (χ1v) is 11.9. The second-order valence-electron chi connectivity index (χ2n) is 9.57. The Morgan fingerprint density at radius 1 is 0.806 bits per heavy atom. The molecular weight excluding hydrogens is 386 g/mol. The quantitative estimate of drug-likeness (QED) is 0.410. The lowest BCUT2D eigenvalue weighted by atomic mass is 9.77. The Morgan fingerprint density at radius 2 is 1.42 bits per heavy atom. The van der Waals surface area contributed by atoms with Gasteiger partial charge in [-0.1, -0.05) is 74.4 Å². The van der Waals surface area contributed by atoms with E-state index in [1.165, 1.54) is 11.1 Å². The molecule has 1 saturated carbocycles. The van der Waals surface area contributed by atoms with Crippen LogP contribution in [-0.2, 0) is 6.42 Å². The summed E-state index contributed by atoms with van der Waals surface area (Å²) in [6.45, 7) is 6.03. The van der Waals surface area contributed by atoms with Crippen molar-refractivity contribution < 1.29 is 8.78 Å². The fourth-order valence-electron chi connectivity index (χ4n) is 5.31. The summed E-state index contributed by atoms with van der Waals surface area (Å²) in [5.41, 5.74) is 3.72. The van der Waals surface area contributed by atoms with Crippen molar-refractivity contribution in [2.75, 3.05) is 0 Å². The number of hydrogen-bond acceptors (Lipinski definition) is 0. The molecule has 0 aromatic heterocycles. The van der Waals surface area contributed by atoms with Gasteiger partial charge in [0.25, 0.3) is 0 Å². The highest BCUT2D eigenvalue weighted by molar-refractivity contribution is 5.36. The van der Waals surface area contributed by atoms with Gasteiger partial charge in [-0.3, -0.25) is 0 Å². The Balaban J connectivity index is 1.45. The van der Waals surface area contributed by atoms with Gasteiger partial charge in [-0.25, -0.2) is 8.78 Å². The van der Waals surface area contributed by atoms with Crippen LogP contribution in [0.25, 0.3) is 0 Å². The molecule has 0 saturated heterocycles. The normalized spacial score (nSPS) is 26.0. The second-order valence-corrected chi connectivity index (χ2v) is 9.57. The third kappa shape index (κ3) is 5.00. The first-order chi connectivity index (χ1) is 15.1. The molecule has 4 rings (SSSR count). The minimum absolute atomic E-state index is 0.0435. The van der Waals surface area contributed by atoms with Gasteiger partial charge in [0.15, 0.2) is 11.6 Å². The average Bonchev–Trinajstić information content (AvgIpc) is 2.81. The van der Waals surface area contributed by atoms with E-state index in [0.29, 0.717) is 23.0 Å². The van der Waals surface area contributed by atoms with Crippen molar-refractivity contribution in [1.82, 2.24) is 0 Å². The smallest absolute Gasteiger partial charge is 0.162 e. The van der Waals surface area contributed by atoms with Crippen LogP contribution < -0.4 is 0 Å². The minimum Gasteiger partial charge on any atom is -0.203 e. The lowest BCUT2D eigenvalue weighted by molar-refractivity contribution is 0.338. The molecule has 2 aromatic rings. The summed E-state index contributed by atoms with van der Waals surface area (Å²) in [5.74, 6) is -0.0646. The minimum atomic E-state index is -0.629. The molecule has 0 radical (unpaired) electrons. The van der Waals surface area contributed by atoms with E-state index in [2.05, 4.69) is 49.9 Å². The molecular formula is C29H34F2. The van der Waals surface area contributed by atoms with Crippen LogP contribution in [0.15, 0.2) is 61.2 Å². The van der Waals surface area contributed by atoms with Crippen LogP contribution in [0.3, 0.4) is 0 Å². The SMILES string of the molecule is C=CCCc1ccc(C2C=CC(c3ccc(C4CCC(C)CC4)c(F)c3F)CC2)cc1. The van der Waals surface area contributed by atoms with Crippen molar-refractivity contribution in [1.29, 1.82) is 0 Å². The Labute approximate surface area is 186 Å². The van der Waals surface area contributed by atoms with Crippen molar-refractivity contribution in [3.8, 4) is 0 Å². The van der Waals surface area contributed by atoms with Gasteiger partial charge in [0.2, 0.25) is 0 Å². The van der Waals surface area contributed by atoms with E-state index in [0.717, 1.165) is 51.4 Å². The second kappa shape index (κ2) is 9.94. The molecule has 2 unspecified atom stereocenters. The van der Waals surface area contributed by atoms with Crippen LogP contribution in [-0.4, -0.2) is 0 Å². The molecule has 0 heterocycles. The van der Waals surface area contributed by atoms with Gasteiger partial charge >= 0.3 is 0 Å². The summed E-state index contributed by atoms with van der Waals surface area (Å²) < 4.78 is 30.0. The van der Waals surface area contributed by atoms with E-state index in [9.17, 15) is 4.39 Å². The highest BCUT2D eigenvalue weighted by Crippen LogP contribution is 2.40. The zero-order chi connectivity index (χ0) is 21.8. The van der Waals surface area contributed by atoms with Crippen LogP contribution in [0.4, 0.5) is 8.78 Å². The number of rotatable bonds is 6. The van der Waals surface area contributed by atoms with Crippen molar-refractivity contribution >= 4 is 0 Å². The Bertz CT molecular complexity index is 916. The molecule has 1 fully saturated rings. The molecule has 0 spiro atoms. The highest BCUT2D eigenvalue weighted by Gasteiger charge is 2.27. The topological polar surface area (TPSA) is 0 Å². The van der Waals surface area contributed by atoms with Gasteiger partial charge in [-0.15, -0.1) is 6.58 Å². The van der Waals surface area contributed by atoms with Gasteiger partial charge in [0.1, 0.15) is 0 Å². The predicted molar refractivity (Wildman–Crippen MR) is 126 cm³/mol. The zero-order valence-corrected chi connectivity index (χ0v) is 18.6. The summed E-state index contributed by atoms with van der Waals surface area (Å²) in [4.78, 5) is 0. The third-order valence-corrected chi connectivity index (χ3v) is 7.41. The Morgan fingerprint density at radius 3 is 2.06 bits per heavy atom. The van der Waals surface area contributed by atoms with Gasteiger partial charge in [0.05, 0.1) is 0 Å². The van der Waals surface area contributed by atoms with E-state index in [-0.39, 0.29) is 11.8 Å². The van der Waals surface area contributed by atoms with Gasteiger partial charge in [0, 0.05) is 11.8 Å². The van der Waals surface area contributed by atoms with Crippen molar-refractivity contribution in [2.24, 2.45) is 5.92 Å². The van der Waals surface area contributed by atoms with Gasteiger partial charge in [-0.2, -0.15) is 0 Å². The maximum atomic E-state index is 15.0. The summed E-state index contributed by atoms with van der Waals surface area (Å²) in [6, 6.07) is 12.5. The fraction of sp³-hybridized carbons (Fsp3) is 0.448. The number of hydrogen-bond donors (Lipinski definition) is 0. The van der Waals surface area contributed by atoms with Crippen LogP contribution >= 0.6 is 0 Å². The van der Waals surface area contributed by atoms with Gasteiger partial charge in [-0.05, 0) is 72.6 Å². The lowest BCUT2D eigenvalue weighted by Gasteiger charge is -2.28. The van der Waals surface area contributed by atoms with E-state index in [1.807, 2.05) is 18.2 Å². The van der Waals surface area contributed by atoms with Crippen LogP contribution in [0.1, 0.15) is 91.9 Å². The molecule has 2 aliphatic rings.